The van der Waals surface area contributed by atoms with E-state index < -0.39 is 0 Å². The smallest absolute Gasteiger partial charge is 0.319 e. The lowest BCUT2D eigenvalue weighted by Crippen LogP contribution is -2.47. The predicted molar refractivity (Wildman–Crippen MR) is 144 cm³/mol. The number of carbonyl (C=O) groups is 2. The minimum absolute atomic E-state index is 0.0178. The molecule has 2 aliphatic rings. The Morgan fingerprint density at radius 1 is 1.03 bits per heavy atom. The van der Waals surface area contributed by atoms with Gasteiger partial charge in [-0.05, 0) is 55.2 Å². The second-order valence-electron chi connectivity index (χ2n) is 9.60. The fourth-order valence-corrected chi connectivity index (χ4v) is 5.36. The molecule has 1 unspecified atom stereocenters. The molecule has 8 nitrogen and oxygen atoms in total. The fourth-order valence-electron chi connectivity index (χ4n) is 5.25. The van der Waals surface area contributed by atoms with Crippen molar-refractivity contribution in [2.24, 2.45) is 0 Å². The van der Waals surface area contributed by atoms with Crippen molar-refractivity contribution in [1.29, 1.82) is 0 Å². The number of anilines is 2. The SMILES string of the molecule is O=C(Nc1cccc(C(=O)Nc2ccc(Cl)cn2)c1)NC1CN(Cc2ccccc2)C2(CCOCC2)C1. The van der Waals surface area contributed by atoms with Gasteiger partial charge in [-0.2, -0.15) is 0 Å². The van der Waals surface area contributed by atoms with E-state index in [2.05, 4.69) is 50.1 Å². The topological polar surface area (TPSA) is 95.6 Å². The number of nitrogens with one attached hydrogen (secondary N) is 3. The third-order valence-corrected chi connectivity index (χ3v) is 7.29. The highest BCUT2D eigenvalue weighted by atomic mass is 35.5. The molecule has 3 amide bonds. The van der Waals surface area contributed by atoms with Gasteiger partial charge in [0.05, 0.1) is 5.02 Å². The molecule has 2 aliphatic heterocycles. The number of hydrogen-bond acceptors (Lipinski definition) is 5. The van der Waals surface area contributed by atoms with Crippen LogP contribution in [0.15, 0.2) is 72.9 Å². The normalized spacial score (nSPS) is 18.9. The number of likely N-dealkylation sites (tertiary alicyclic amines) is 1. The summed E-state index contributed by atoms with van der Waals surface area (Å²) in [5.41, 5.74) is 2.24. The summed E-state index contributed by atoms with van der Waals surface area (Å²) < 4.78 is 5.65. The summed E-state index contributed by atoms with van der Waals surface area (Å²) in [5.74, 6) is 0.0709. The van der Waals surface area contributed by atoms with Crippen LogP contribution in [0.25, 0.3) is 0 Å². The zero-order valence-corrected chi connectivity index (χ0v) is 21.2. The van der Waals surface area contributed by atoms with Crippen LogP contribution in [0.4, 0.5) is 16.3 Å². The Hall–Kier alpha value is -3.46. The van der Waals surface area contributed by atoms with Crippen molar-refractivity contribution < 1.29 is 14.3 Å². The van der Waals surface area contributed by atoms with Crippen molar-refractivity contribution in [3.8, 4) is 0 Å². The zero-order chi connectivity index (χ0) is 25.7. The van der Waals surface area contributed by atoms with Crippen molar-refractivity contribution in [1.82, 2.24) is 15.2 Å². The highest BCUT2D eigenvalue weighted by Crippen LogP contribution is 2.39. The van der Waals surface area contributed by atoms with Crippen LogP contribution in [0.2, 0.25) is 5.02 Å². The molecule has 0 saturated carbocycles. The van der Waals surface area contributed by atoms with Gasteiger partial charge < -0.3 is 20.7 Å². The Kier molecular flexibility index (Phi) is 7.69. The molecule has 2 saturated heterocycles. The van der Waals surface area contributed by atoms with E-state index in [1.807, 2.05) is 6.07 Å². The molecular formula is C28H30ClN5O3. The summed E-state index contributed by atoms with van der Waals surface area (Å²) in [6.45, 7) is 3.11. The van der Waals surface area contributed by atoms with Crippen LogP contribution < -0.4 is 16.0 Å². The van der Waals surface area contributed by atoms with E-state index >= 15 is 0 Å². The standard InChI is InChI=1S/C28H30ClN5O3/c29-22-9-10-25(30-17-22)33-26(35)21-7-4-8-23(15-21)31-27(36)32-24-16-28(11-13-37-14-12-28)34(19-24)18-20-5-2-1-3-6-20/h1-10,15,17,24H,11-14,16,18-19H2,(H,30,33,35)(H2,31,32,36). The van der Waals surface area contributed by atoms with Crippen molar-refractivity contribution in [2.75, 3.05) is 30.4 Å². The Morgan fingerprint density at radius 2 is 1.84 bits per heavy atom. The predicted octanol–water partition coefficient (Wildman–Crippen LogP) is 4.93. The van der Waals surface area contributed by atoms with Crippen LogP contribution in [-0.4, -0.2) is 53.2 Å². The summed E-state index contributed by atoms with van der Waals surface area (Å²) >= 11 is 5.85. The molecular weight excluding hydrogens is 490 g/mol. The van der Waals surface area contributed by atoms with Gasteiger partial charge in [0.15, 0.2) is 0 Å². The third-order valence-electron chi connectivity index (χ3n) is 7.06. The van der Waals surface area contributed by atoms with E-state index in [1.165, 1.54) is 11.8 Å². The molecule has 192 valence electrons. The van der Waals surface area contributed by atoms with E-state index in [1.54, 1.807) is 36.4 Å². The van der Waals surface area contributed by atoms with Gasteiger partial charge in [0.1, 0.15) is 5.82 Å². The number of hydrogen-bond donors (Lipinski definition) is 3. The first-order valence-electron chi connectivity index (χ1n) is 12.5. The first kappa shape index (κ1) is 25.2. The summed E-state index contributed by atoms with van der Waals surface area (Å²) in [5, 5.41) is 9.26. The second-order valence-corrected chi connectivity index (χ2v) is 10.0. The number of nitrogens with zero attached hydrogens (tertiary/aromatic N) is 2. The molecule has 0 bridgehead atoms. The summed E-state index contributed by atoms with van der Waals surface area (Å²) in [6, 6.07) is 20.3. The first-order valence-corrected chi connectivity index (χ1v) is 12.8. The molecule has 5 rings (SSSR count). The maximum absolute atomic E-state index is 12.9. The van der Waals surface area contributed by atoms with Crippen LogP contribution >= 0.6 is 11.6 Å². The summed E-state index contributed by atoms with van der Waals surface area (Å²) in [7, 11) is 0. The minimum Gasteiger partial charge on any atom is -0.381 e. The lowest BCUT2D eigenvalue weighted by atomic mass is 9.86. The van der Waals surface area contributed by atoms with Crippen LogP contribution in [0.3, 0.4) is 0 Å². The van der Waals surface area contributed by atoms with Gasteiger partial charge in [-0.3, -0.25) is 9.69 Å². The van der Waals surface area contributed by atoms with Gasteiger partial charge in [0, 0.05) is 55.3 Å². The number of ether oxygens (including phenoxy) is 1. The Bertz CT molecular complexity index is 1230. The Labute approximate surface area is 221 Å². The van der Waals surface area contributed by atoms with E-state index in [-0.39, 0.29) is 23.5 Å². The highest BCUT2D eigenvalue weighted by Gasteiger charge is 2.46. The minimum atomic E-state index is -0.326. The monoisotopic (exact) mass is 519 g/mol. The van der Waals surface area contributed by atoms with Gasteiger partial charge in [0.2, 0.25) is 0 Å². The summed E-state index contributed by atoms with van der Waals surface area (Å²) in [6.07, 6.45) is 4.26. The van der Waals surface area contributed by atoms with Crippen molar-refractivity contribution in [2.45, 2.75) is 37.4 Å². The quantitative estimate of drug-likeness (QED) is 0.429. The molecule has 9 heteroatoms. The van der Waals surface area contributed by atoms with Crippen molar-refractivity contribution >= 4 is 35.0 Å². The van der Waals surface area contributed by atoms with Crippen LogP contribution in [0, 0.1) is 0 Å². The molecule has 2 fully saturated rings. The lowest BCUT2D eigenvalue weighted by Gasteiger charge is -2.41. The highest BCUT2D eigenvalue weighted by molar-refractivity contribution is 6.30. The van der Waals surface area contributed by atoms with Gasteiger partial charge >= 0.3 is 6.03 Å². The van der Waals surface area contributed by atoms with Crippen LogP contribution in [-0.2, 0) is 11.3 Å². The molecule has 0 radical (unpaired) electrons. The number of benzene rings is 2. The second kappa shape index (κ2) is 11.3. The molecule has 2 aromatic carbocycles. The van der Waals surface area contributed by atoms with E-state index in [0.29, 0.717) is 22.1 Å². The van der Waals surface area contributed by atoms with Gasteiger partial charge in [-0.25, -0.2) is 9.78 Å². The van der Waals surface area contributed by atoms with E-state index in [4.69, 9.17) is 16.3 Å². The number of rotatable bonds is 6. The molecule has 37 heavy (non-hydrogen) atoms. The van der Waals surface area contributed by atoms with Gasteiger partial charge in [-0.15, -0.1) is 0 Å². The fraction of sp³-hybridized carbons (Fsp3) is 0.321. The number of carbonyl (C=O) groups excluding carboxylic acids is 2. The maximum Gasteiger partial charge on any atom is 0.319 e. The summed E-state index contributed by atoms with van der Waals surface area (Å²) in [4.78, 5) is 32.2. The number of amides is 3. The average Bonchev–Trinajstić information content (AvgIpc) is 3.21. The molecule has 3 heterocycles. The van der Waals surface area contributed by atoms with Crippen LogP contribution in [0.5, 0.6) is 0 Å². The first-order chi connectivity index (χ1) is 18.0. The van der Waals surface area contributed by atoms with Crippen molar-refractivity contribution in [3.05, 3.63) is 89.1 Å². The number of urea groups is 1. The molecule has 1 atom stereocenters. The Balaban J connectivity index is 1.21. The van der Waals surface area contributed by atoms with Crippen LogP contribution in [0.1, 0.15) is 35.2 Å². The molecule has 3 aromatic rings. The van der Waals surface area contributed by atoms with E-state index in [0.717, 1.165) is 45.6 Å². The van der Waals surface area contributed by atoms with E-state index in [9.17, 15) is 9.59 Å². The molecule has 1 spiro atoms. The average molecular weight is 520 g/mol. The van der Waals surface area contributed by atoms with Gasteiger partial charge in [0.25, 0.3) is 5.91 Å². The molecule has 0 aliphatic carbocycles. The largest absolute Gasteiger partial charge is 0.381 e. The Morgan fingerprint density at radius 3 is 2.59 bits per heavy atom. The van der Waals surface area contributed by atoms with Gasteiger partial charge in [-0.1, -0.05) is 48.0 Å². The zero-order valence-electron chi connectivity index (χ0n) is 20.5. The number of pyridine rings is 1. The third kappa shape index (κ3) is 6.28. The maximum atomic E-state index is 12.9. The molecule has 1 aromatic heterocycles. The lowest BCUT2D eigenvalue weighted by molar-refractivity contribution is -0.0113. The van der Waals surface area contributed by atoms with Crippen molar-refractivity contribution in [3.63, 3.8) is 0 Å². The number of aromatic nitrogens is 1. The molecule has 3 N–H and O–H groups in total. The number of halogens is 1.